The van der Waals surface area contributed by atoms with Crippen molar-refractivity contribution in [2.45, 2.75) is 25.8 Å². The smallest absolute Gasteiger partial charge is 0.328 e. The lowest BCUT2D eigenvalue weighted by Crippen LogP contribution is -2.40. The number of amides is 1. The molecule has 0 aliphatic carbocycles. The van der Waals surface area contributed by atoms with E-state index in [0.717, 1.165) is 19.4 Å². The Morgan fingerprint density at radius 2 is 2.12 bits per heavy atom. The van der Waals surface area contributed by atoms with Crippen LogP contribution in [0.15, 0.2) is 47.1 Å². The molecular weight excluding hydrogens is 320 g/mol. The van der Waals surface area contributed by atoms with E-state index in [0.29, 0.717) is 6.54 Å². The molecule has 1 aromatic carbocycles. The van der Waals surface area contributed by atoms with E-state index in [1.807, 2.05) is 12.1 Å². The molecule has 0 radical (unpaired) electrons. The largest absolute Gasteiger partial charge is 0.462 e. The van der Waals surface area contributed by atoms with Crippen LogP contribution in [-0.4, -0.2) is 37.6 Å². The molecule has 0 fully saturated rings. The van der Waals surface area contributed by atoms with Crippen LogP contribution in [0.3, 0.4) is 0 Å². The van der Waals surface area contributed by atoms with Crippen LogP contribution in [0.25, 0.3) is 0 Å². The van der Waals surface area contributed by atoms with E-state index in [9.17, 15) is 9.59 Å². The second-order valence-corrected chi connectivity index (χ2v) is 6.06. The fourth-order valence-corrected chi connectivity index (χ4v) is 2.96. The van der Waals surface area contributed by atoms with Gasteiger partial charge in [0.15, 0.2) is 5.76 Å². The van der Waals surface area contributed by atoms with Gasteiger partial charge in [-0.05, 0) is 43.5 Å². The van der Waals surface area contributed by atoms with Crippen molar-refractivity contribution in [3.63, 3.8) is 0 Å². The maximum atomic E-state index is 12.0. The van der Waals surface area contributed by atoms with Gasteiger partial charge >= 0.3 is 5.97 Å². The standard InChI is InChI=1S/C19H22N2O4/c1-14(20-18(22)17-9-5-12-24-17)19(23)25-13-11-21-10-4-7-15-6-2-3-8-16(15)21/h2-3,5-6,8-9,12,14H,4,7,10-11,13H2,1H3,(H,20,22)/t14-/m0/s1. The monoisotopic (exact) mass is 342 g/mol. The number of esters is 1. The first-order chi connectivity index (χ1) is 12.1. The molecule has 2 heterocycles. The predicted octanol–water partition coefficient (Wildman–Crippen LogP) is 2.39. The number of anilines is 1. The minimum absolute atomic E-state index is 0.171. The summed E-state index contributed by atoms with van der Waals surface area (Å²) in [5.41, 5.74) is 2.54. The minimum Gasteiger partial charge on any atom is -0.462 e. The zero-order valence-corrected chi connectivity index (χ0v) is 14.2. The summed E-state index contributed by atoms with van der Waals surface area (Å²) in [5, 5.41) is 2.57. The predicted molar refractivity (Wildman–Crippen MR) is 93.6 cm³/mol. The van der Waals surface area contributed by atoms with Gasteiger partial charge in [-0.2, -0.15) is 0 Å². The van der Waals surface area contributed by atoms with Crippen molar-refractivity contribution >= 4 is 17.6 Å². The Hall–Kier alpha value is -2.76. The minimum atomic E-state index is -0.730. The fourth-order valence-electron chi connectivity index (χ4n) is 2.96. The van der Waals surface area contributed by atoms with Gasteiger partial charge in [-0.25, -0.2) is 4.79 Å². The Bertz CT molecular complexity index is 727. The van der Waals surface area contributed by atoms with Crippen molar-refractivity contribution in [1.82, 2.24) is 5.32 Å². The first-order valence-corrected chi connectivity index (χ1v) is 8.49. The lowest BCUT2D eigenvalue weighted by atomic mass is 10.0. The Balaban J connectivity index is 1.46. The van der Waals surface area contributed by atoms with Crippen LogP contribution in [0, 0.1) is 0 Å². The highest BCUT2D eigenvalue weighted by atomic mass is 16.5. The summed E-state index contributed by atoms with van der Waals surface area (Å²) in [6, 6.07) is 10.7. The van der Waals surface area contributed by atoms with Gasteiger partial charge in [0, 0.05) is 12.2 Å². The first-order valence-electron chi connectivity index (χ1n) is 8.49. The van der Waals surface area contributed by atoms with Gasteiger partial charge in [0.25, 0.3) is 5.91 Å². The lowest BCUT2D eigenvalue weighted by Gasteiger charge is -2.31. The molecule has 132 valence electrons. The van der Waals surface area contributed by atoms with Crippen molar-refractivity contribution in [3.8, 4) is 0 Å². The zero-order chi connectivity index (χ0) is 17.6. The summed E-state index contributed by atoms with van der Waals surface area (Å²) >= 11 is 0. The second-order valence-electron chi connectivity index (χ2n) is 6.06. The molecule has 0 spiro atoms. The number of hydrogen-bond acceptors (Lipinski definition) is 5. The molecule has 1 aliphatic heterocycles. The van der Waals surface area contributed by atoms with E-state index in [1.54, 1.807) is 19.1 Å². The van der Waals surface area contributed by atoms with E-state index < -0.39 is 17.9 Å². The van der Waals surface area contributed by atoms with Gasteiger partial charge in [0.1, 0.15) is 12.6 Å². The summed E-state index contributed by atoms with van der Waals surface area (Å²) in [4.78, 5) is 26.1. The molecule has 1 aromatic heterocycles. The lowest BCUT2D eigenvalue weighted by molar-refractivity contribution is -0.145. The number of carbonyl (C=O) groups excluding carboxylic acids is 2. The van der Waals surface area contributed by atoms with Gasteiger partial charge in [-0.1, -0.05) is 18.2 Å². The summed E-state index contributed by atoms with van der Waals surface area (Å²) in [6.07, 6.45) is 3.59. The third-order valence-electron chi connectivity index (χ3n) is 4.26. The second kappa shape index (κ2) is 7.88. The first kappa shape index (κ1) is 17.1. The summed E-state index contributed by atoms with van der Waals surface area (Å²) in [5.74, 6) is -0.714. The van der Waals surface area contributed by atoms with Crippen LogP contribution in [0.2, 0.25) is 0 Å². The number of carbonyl (C=O) groups is 2. The van der Waals surface area contributed by atoms with Crippen molar-refractivity contribution in [3.05, 3.63) is 54.0 Å². The topological polar surface area (TPSA) is 71.8 Å². The SMILES string of the molecule is C[C@H](NC(=O)c1ccco1)C(=O)OCCN1CCCc2ccccc21. The Labute approximate surface area is 146 Å². The van der Waals surface area contributed by atoms with Crippen LogP contribution in [0.1, 0.15) is 29.5 Å². The van der Waals surface area contributed by atoms with E-state index in [4.69, 9.17) is 9.15 Å². The summed E-state index contributed by atoms with van der Waals surface area (Å²) in [6.45, 7) is 3.48. The van der Waals surface area contributed by atoms with Crippen LogP contribution >= 0.6 is 0 Å². The number of rotatable bonds is 6. The molecular formula is C19H22N2O4. The van der Waals surface area contributed by atoms with Crippen LogP contribution in [-0.2, 0) is 16.0 Å². The highest BCUT2D eigenvalue weighted by Gasteiger charge is 2.20. The maximum Gasteiger partial charge on any atom is 0.328 e. The maximum absolute atomic E-state index is 12.0. The highest BCUT2D eigenvalue weighted by molar-refractivity contribution is 5.94. The van der Waals surface area contributed by atoms with E-state index in [2.05, 4.69) is 22.3 Å². The van der Waals surface area contributed by atoms with Crippen molar-refractivity contribution < 1.29 is 18.7 Å². The number of para-hydroxylation sites is 1. The van der Waals surface area contributed by atoms with Gasteiger partial charge in [-0.3, -0.25) is 4.79 Å². The fraction of sp³-hybridized carbons (Fsp3) is 0.368. The molecule has 0 bridgehead atoms. The zero-order valence-electron chi connectivity index (χ0n) is 14.2. The third kappa shape index (κ3) is 4.21. The molecule has 25 heavy (non-hydrogen) atoms. The van der Waals surface area contributed by atoms with Crippen molar-refractivity contribution in [2.75, 3.05) is 24.6 Å². The van der Waals surface area contributed by atoms with Crippen LogP contribution in [0.5, 0.6) is 0 Å². The molecule has 0 unspecified atom stereocenters. The normalized spacial score (nSPS) is 14.5. The average Bonchev–Trinajstić information content (AvgIpc) is 3.16. The Morgan fingerprint density at radius 1 is 1.28 bits per heavy atom. The molecule has 0 saturated carbocycles. The molecule has 6 heteroatoms. The van der Waals surface area contributed by atoms with Crippen molar-refractivity contribution in [2.24, 2.45) is 0 Å². The number of furan rings is 1. The molecule has 1 amide bonds. The number of hydrogen-bond donors (Lipinski definition) is 1. The van der Waals surface area contributed by atoms with E-state index in [1.165, 1.54) is 17.5 Å². The number of ether oxygens (including phenoxy) is 1. The van der Waals surface area contributed by atoms with Crippen LogP contribution < -0.4 is 10.2 Å². The number of fused-ring (bicyclic) bond motifs is 1. The third-order valence-corrected chi connectivity index (χ3v) is 4.26. The van der Waals surface area contributed by atoms with Crippen LogP contribution in [0.4, 0.5) is 5.69 Å². The number of nitrogens with one attached hydrogen (secondary N) is 1. The highest BCUT2D eigenvalue weighted by Crippen LogP contribution is 2.26. The van der Waals surface area contributed by atoms with Gasteiger partial charge in [0.05, 0.1) is 12.8 Å². The molecule has 1 atom stereocenters. The molecule has 1 aliphatic rings. The molecule has 0 saturated heterocycles. The van der Waals surface area contributed by atoms with Gasteiger partial charge in [-0.15, -0.1) is 0 Å². The van der Waals surface area contributed by atoms with E-state index in [-0.39, 0.29) is 12.4 Å². The molecule has 2 aromatic rings. The average molecular weight is 342 g/mol. The Morgan fingerprint density at radius 3 is 2.92 bits per heavy atom. The Kier molecular flexibility index (Phi) is 5.38. The number of benzene rings is 1. The number of nitrogens with zero attached hydrogens (tertiary/aromatic N) is 1. The quantitative estimate of drug-likeness (QED) is 0.816. The summed E-state index contributed by atoms with van der Waals surface area (Å²) in [7, 11) is 0. The summed E-state index contributed by atoms with van der Waals surface area (Å²) < 4.78 is 10.3. The molecule has 6 nitrogen and oxygen atoms in total. The van der Waals surface area contributed by atoms with E-state index >= 15 is 0 Å². The van der Waals surface area contributed by atoms with Gasteiger partial charge < -0.3 is 19.4 Å². The van der Waals surface area contributed by atoms with Gasteiger partial charge in [0.2, 0.25) is 0 Å². The number of aryl methyl sites for hydroxylation is 1. The molecule has 1 N–H and O–H groups in total. The van der Waals surface area contributed by atoms with Crippen molar-refractivity contribution in [1.29, 1.82) is 0 Å². The molecule has 3 rings (SSSR count).